The van der Waals surface area contributed by atoms with Crippen LogP contribution in [0.1, 0.15) is 61.5 Å². The smallest absolute Gasteiger partial charge is 0.328 e. The molecule has 1 aliphatic heterocycles. The first-order valence-corrected chi connectivity index (χ1v) is 14.3. The molecule has 5 rings (SSSR count). The molecule has 1 fully saturated rings. The topological polar surface area (TPSA) is 101 Å². The van der Waals surface area contributed by atoms with Crippen molar-refractivity contribution in [3.8, 4) is 6.01 Å². The molecule has 0 aromatic carbocycles. The van der Waals surface area contributed by atoms with Gasteiger partial charge in [0, 0.05) is 29.7 Å². The predicted molar refractivity (Wildman–Crippen MR) is 148 cm³/mol. The number of ether oxygens (including phenoxy) is 1. The van der Waals surface area contributed by atoms with Crippen LogP contribution < -0.4 is 15.7 Å². The van der Waals surface area contributed by atoms with Gasteiger partial charge >= 0.3 is 11.7 Å². The first kappa shape index (κ1) is 25.8. The molecule has 1 aliphatic carbocycles. The standard InChI is InChI=1S/C27H37N7O2S/c1-3-5-14-36-26-30-22(16-28-4-2)23-24(32-26)34(27(35)31-23)18-21-15-29-25(37-21)20-10-8-19(9-11-20)17-33-12-6-7-13-33/h8,10-11,15,19,28H,3-7,9,12-14,16-18H2,1-2H3,(H,31,35). The number of likely N-dealkylation sites (tertiary alicyclic amines) is 1. The van der Waals surface area contributed by atoms with Gasteiger partial charge in [0.15, 0.2) is 5.65 Å². The lowest BCUT2D eigenvalue weighted by Gasteiger charge is -2.22. The Balaban J connectivity index is 1.33. The Morgan fingerprint density at radius 1 is 1.24 bits per heavy atom. The van der Waals surface area contributed by atoms with Crippen LogP contribution in [0.5, 0.6) is 6.01 Å². The molecule has 1 saturated heterocycles. The number of aromatic nitrogens is 5. The Kier molecular flexibility index (Phi) is 8.48. The molecule has 37 heavy (non-hydrogen) atoms. The summed E-state index contributed by atoms with van der Waals surface area (Å²) in [5, 5.41) is 4.28. The molecule has 0 spiro atoms. The summed E-state index contributed by atoms with van der Waals surface area (Å²) in [6.45, 7) is 10.1. The quantitative estimate of drug-likeness (QED) is 0.347. The summed E-state index contributed by atoms with van der Waals surface area (Å²) in [5.74, 6) is 0.580. The molecule has 3 aromatic heterocycles. The number of aromatic amines is 1. The molecule has 0 saturated carbocycles. The highest BCUT2D eigenvalue weighted by Crippen LogP contribution is 2.29. The minimum absolute atomic E-state index is 0.204. The van der Waals surface area contributed by atoms with Crippen molar-refractivity contribution in [2.75, 3.05) is 32.8 Å². The van der Waals surface area contributed by atoms with E-state index in [9.17, 15) is 4.79 Å². The van der Waals surface area contributed by atoms with E-state index in [1.54, 1.807) is 15.9 Å². The average molecular weight is 524 g/mol. The lowest BCUT2D eigenvalue weighted by molar-refractivity contribution is 0.285. The van der Waals surface area contributed by atoms with Gasteiger partial charge in [-0.15, -0.1) is 11.3 Å². The fourth-order valence-corrected chi connectivity index (χ4v) is 5.80. The van der Waals surface area contributed by atoms with E-state index < -0.39 is 0 Å². The molecule has 1 unspecified atom stereocenters. The molecular formula is C27H37N7O2S. The van der Waals surface area contributed by atoms with Crippen LogP contribution in [0.3, 0.4) is 0 Å². The molecule has 4 heterocycles. The number of hydrogen-bond donors (Lipinski definition) is 2. The van der Waals surface area contributed by atoms with Crippen LogP contribution in [0.2, 0.25) is 0 Å². The van der Waals surface area contributed by atoms with Crippen molar-refractivity contribution in [2.24, 2.45) is 5.92 Å². The SMILES string of the molecule is CCCCOc1nc(CNCC)c2[nH]c(=O)n(Cc3cnc(C4=CCC(CN5CCCC5)C=C4)s3)c2n1. The van der Waals surface area contributed by atoms with Crippen molar-refractivity contribution in [2.45, 2.75) is 59.0 Å². The highest BCUT2D eigenvalue weighted by molar-refractivity contribution is 7.12. The zero-order valence-corrected chi connectivity index (χ0v) is 22.6. The second-order valence-corrected chi connectivity index (χ2v) is 10.9. The van der Waals surface area contributed by atoms with Gasteiger partial charge in [0.25, 0.3) is 0 Å². The van der Waals surface area contributed by atoms with E-state index in [1.165, 1.54) is 31.5 Å². The lowest BCUT2D eigenvalue weighted by atomic mass is 9.96. The van der Waals surface area contributed by atoms with Crippen LogP contribution in [0.4, 0.5) is 0 Å². The van der Waals surface area contributed by atoms with Crippen LogP contribution in [0.15, 0.2) is 29.2 Å². The summed E-state index contributed by atoms with van der Waals surface area (Å²) in [4.78, 5) is 33.4. The molecule has 0 bridgehead atoms. The van der Waals surface area contributed by atoms with Crippen LogP contribution in [0.25, 0.3) is 16.7 Å². The van der Waals surface area contributed by atoms with Crippen LogP contribution in [-0.2, 0) is 13.1 Å². The van der Waals surface area contributed by atoms with Crippen molar-refractivity contribution in [3.63, 3.8) is 0 Å². The van der Waals surface area contributed by atoms with E-state index in [-0.39, 0.29) is 5.69 Å². The highest BCUT2D eigenvalue weighted by atomic mass is 32.1. The Labute approximate surface area is 221 Å². The average Bonchev–Trinajstić information content (AvgIpc) is 3.66. The zero-order chi connectivity index (χ0) is 25.6. The summed E-state index contributed by atoms with van der Waals surface area (Å²) >= 11 is 1.63. The number of nitrogens with one attached hydrogen (secondary N) is 2. The monoisotopic (exact) mass is 523 g/mol. The highest BCUT2D eigenvalue weighted by Gasteiger charge is 2.20. The Hall–Kier alpha value is -2.82. The van der Waals surface area contributed by atoms with Crippen molar-refractivity contribution >= 4 is 28.1 Å². The van der Waals surface area contributed by atoms with Crippen LogP contribution >= 0.6 is 11.3 Å². The van der Waals surface area contributed by atoms with Gasteiger partial charge in [-0.2, -0.15) is 9.97 Å². The van der Waals surface area contributed by atoms with Gasteiger partial charge < -0.3 is 19.9 Å². The maximum absolute atomic E-state index is 13.0. The molecular weight excluding hydrogens is 486 g/mol. The van der Waals surface area contributed by atoms with Gasteiger partial charge in [-0.1, -0.05) is 38.5 Å². The number of hydrogen-bond acceptors (Lipinski definition) is 8. The number of rotatable bonds is 12. The number of imidazole rings is 1. The Morgan fingerprint density at radius 3 is 2.86 bits per heavy atom. The molecule has 2 aliphatic rings. The van der Waals surface area contributed by atoms with E-state index in [4.69, 9.17) is 4.74 Å². The fourth-order valence-electron chi connectivity index (χ4n) is 4.88. The number of thiazole rings is 1. The Morgan fingerprint density at radius 2 is 2.11 bits per heavy atom. The van der Waals surface area contributed by atoms with E-state index >= 15 is 0 Å². The van der Waals surface area contributed by atoms with Gasteiger partial charge in [0.05, 0.1) is 18.8 Å². The number of nitrogens with zero attached hydrogens (tertiary/aromatic N) is 5. The molecule has 198 valence electrons. The number of fused-ring (bicyclic) bond motifs is 1. The van der Waals surface area contributed by atoms with Gasteiger partial charge in [0.1, 0.15) is 10.5 Å². The second kappa shape index (κ2) is 12.1. The summed E-state index contributed by atoms with van der Waals surface area (Å²) < 4.78 is 7.48. The zero-order valence-electron chi connectivity index (χ0n) is 21.8. The molecule has 0 radical (unpaired) electrons. The maximum Gasteiger partial charge on any atom is 0.328 e. The summed E-state index contributed by atoms with van der Waals surface area (Å²) in [7, 11) is 0. The Bertz CT molecular complexity index is 1320. The summed E-state index contributed by atoms with van der Waals surface area (Å²) in [6.07, 6.45) is 14.4. The van der Waals surface area contributed by atoms with Gasteiger partial charge in [-0.3, -0.25) is 4.57 Å². The van der Waals surface area contributed by atoms with Gasteiger partial charge in [-0.05, 0) is 51.2 Å². The number of allylic oxidation sites excluding steroid dienone is 3. The number of unbranched alkanes of at least 4 members (excludes halogenated alkanes) is 1. The number of H-pyrrole nitrogens is 1. The maximum atomic E-state index is 13.0. The third kappa shape index (κ3) is 6.19. The van der Waals surface area contributed by atoms with E-state index in [1.807, 2.05) is 13.1 Å². The fraction of sp³-hybridized carbons (Fsp3) is 0.556. The first-order chi connectivity index (χ1) is 18.1. The van der Waals surface area contributed by atoms with Crippen molar-refractivity contribution < 1.29 is 4.74 Å². The van der Waals surface area contributed by atoms with Crippen LogP contribution in [0, 0.1) is 5.92 Å². The molecule has 3 aromatic rings. The van der Waals surface area contributed by atoms with Gasteiger partial charge in [-0.25, -0.2) is 9.78 Å². The van der Waals surface area contributed by atoms with E-state index in [0.29, 0.717) is 42.8 Å². The minimum Gasteiger partial charge on any atom is -0.463 e. The molecule has 2 N–H and O–H groups in total. The third-order valence-electron chi connectivity index (χ3n) is 6.94. The molecule has 1 atom stereocenters. The van der Waals surface area contributed by atoms with Gasteiger partial charge in [0.2, 0.25) is 0 Å². The summed E-state index contributed by atoms with van der Waals surface area (Å²) in [5.41, 5.74) is 2.92. The predicted octanol–water partition coefficient (Wildman–Crippen LogP) is 3.97. The van der Waals surface area contributed by atoms with E-state index in [0.717, 1.165) is 47.9 Å². The molecule has 0 amide bonds. The van der Waals surface area contributed by atoms with Crippen molar-refractivity contribution in [1.82, 2.24) is 34.7 Å². The third-order valence-corrected chi connectivity index (χ3v) is 7.97. The first-order valence-electron chi connectivity index (χ1n) is 13.5. The van der Waals surface area contributed by atoms with Crippen LogP contribution in [-0.4, -0.2) is 62.2 Å². The minimum atomic E-state index is -0.204. The van der Waals surface area contributed by atoms with Crippen molar-refractivity contribution in [1.29, 1.82) is 0 Å². The van der Waals surface area contributed by atoms with Crippen molar-refractivity contribution in [3.05, 3.63) is 50.5 Å². The second-order valence-electron chi connectivity index (χ2n) is 9.80. The molecule has 10 heteroatoms. The summed E-state index contributed by atoms with van der Waals surface area (Å²) in [6, 6.07) is 0.313. The molecule has 9 nitrogen and oxygen atoms in total. The normalized spacial score (nSPS) is 18.1. The van der Waals surface area contributed by atoms with E-state index in [2.05, 4.69) is 55.3 Å². The largest absolute Gasteiger partial charge is 0.463 e. The lowest BCUT2D eigenvalue weighted by Crippen LogP contribution is -2.26.